The maximum Gasteiger partial charge on any atom is 0.308 e. The fraction of sp³-hybridized carbons (Fsp3) is 0.850. The molecule has 2 aliphatic carbocycles. The van der Waals surface area contributed by atoms with Crippen molar-refractivity contribution >= 4 is 5.97 Å². The molecule has 0 aromatic carbocycles. The zero-order valence-corrected chi connectivity index (χ0v) is 15.7. The van der Waals surface area contributed by atoms with Crippen LogP contribution in [0.2, 0.25) is 0 Å². The van der Waals surface area contributed by atoms with Crippen LogP contribution in [0.5, 0.6) is 0 Å². The Morgan fingerprint density at radius 1 is 1.39 bits per heavy atom. The average molecular weight is 322 g/mol. The van der Waals surface area contributed by atoms with E-state index in [2.05, 4.69) is 33.8 Å². The van der Waals surface area contributed by atoms with Gasteiger partial charge in [-0.15, -0.1) is 0 Å². The van der Waals surface area contributed by atoms with E-state index in [1.54, 1.807) is 0 Å². The molecule has 0 amide bonds. The topological polar surface area (TPSA) is 46.5 Å². The Balaban J connectivity index is 2.36. The van der Waals surface area contributed by atoms with E-state index in [0.717, 1.165) is 32.1 Å². The Bertz CT molecular complexity index is 481. The highest BCUT2D eigenvalue weighted by atomic mass is 16.5. The molecule has 1 fully saturated rings. The summed E-state index contributed by atoms with van der Waals surface area (Å²) in [5.41, 5.74) is 0.541. The van der Waals surface area contributed by atoms with Crippen LogP contribution in [0.25, 0.3) is 0 Å². The molecule has 23 heavy (non-hydrogen) atoms. The van der Waals surface area contributed by atoms with Crippen LogP contribution >= 0.6 is 0 Å². The van der Waals surface area contributed by atoms with Gasteiger partial charge < -0.3 is 9.84 Å². The summed E-state index contributed by atoms with van der Waals surface area (Å²) in [5, 5.41) is 11.4. The zero-order valence-electron chi connectivity index (χ0n) is 15.7. The molecule has 0 radical (unpaired) electrons. The van der Waals surface area contributed by atoms with Gasteiger partial charge in [-0.2, -0.15) is 0 Å². The van der Waals surface area contributed by atoms with Crippen molar-refractivity contribution in [2.24, 2.45) is 23.2 Å². The molecule has 0 aromatic heterocycles. The molecule has 0 saturated heterocycles. The van der Waals surface area contributed by atoms with E-state index in [1.807, 2.05) is 13.8 Å². The molecule has 0 spiro atoms. The molecule has 2 rings (SSSR count). The molecular formula is C20H34O3. The Morgan fingerprint density at radius 2 is 2.04 bits per heavy atom. The van der Waals surface area contributed by atoms with Gasteiger partial charge in [0.15, 0.2) is 0 Å². The first-order chi connectivity index (χ1) is 10.6. The second-order valence-corrected chi connectivity index (χ2v) is 8.52. The van der Waals surface area contributed by atoms with Gasteiger partial charge in [0.25, 0.3) is 0 Å². The number of carbonyl (C=O) groups excluding carboxylic acids is 1. The SMILES string of the molecule is CCC(C)C(=O)OC1CC(C)=CCC2(C)CCC(O)(C(C)C)C12. The minimum Gasteiger partial charge on any atom is -0.461 e. The van der Waals surface area contributed by atoms with Crippen LogP contribution in [0.3, 0.4) is 0 Å². The van der Waals surface area contributed by atoms with Crippen molar-refractivity contribution in [3.63, 3.8) is 0 Å². The van der Waals surface area contributed by atoms with Gasteiger partial charge in [-0.25, -0.2) is 0 Å². The zero-order chi connectivity index (χ0) is 17.4. The Morgan fingerprint density at radius 3 is 2.61 bits per heavy atom. The second kappa shape index (κ2) is 6.58. The van der Waals surface area contributed by atoms with Crippen LogP contribution in [0.4, 0.5) is 0 Å². The average Bonchev–Trinajstić information content (AvgIpc) is 2.69. The molecule has 1 N–H and O–H groups in total. The lowest BCUT2D eigenvalue weighted by atomic mass is 9.67. The summed E-state index contributed by atoms with van der Waals surface area (Å²) in [4.78, 5) is 12.4. The van der Waals surface area contributed by atoms with Crippen molar-refractivity contribution in [1.82, 2.24) is 0 Å². The number of rotatable bonds is 4. The molecule has 5 atom stereocenters. The van der Waals surface area contributed by atoms with E-state index in [0.29, 0.717) is 0 Å². The summed E-state index contributed by atoms with van der Waals surface area (Å²) in [7, 11) is 0. The van der Waals surface area contributed by atoms with Crippen molar-refractivity contribution in [1.29, 1.82) is 0 Å². The number of ether oxygens (including phenoxy) is 1. The third-order valence-electron chi connectivity index (χ3n) is 6.48. The van der Waals surface area contributed by atoms with E-state index in [-0.39, 0.29) is 35.2 Å². The fourth-order valence-corrected chi connectivity index (χ4v) is 4.52. The first-order valence-corrected chi connectivity index (χ1v) is 9.22. The lowest BCUT2D eigenvalue weighted by molar-refractivity contribution is -0.169. The number of esters is 1. The van der Waals surface area contributed by atoms with E-state index in [4.69, 9.17) is 4.74 Å². The normalized spacial score (nSPS) is 38.7. The van der Waals surface area contributed by atoms with Gasteiger partial charge in [-0.05, 0) is 43.9 Å². The number of fused-ring (bicyclic) bond motifs is 1. The molecule has 0 bridgehead atoms. The largest absolute Gasteiger partial charge is 0.461 e. The van der Waals surface area contributed by atoms with Crippen LogP contribution in [0.15, 0.2) is 11.6 Å². The predicted molar refractivity (Wildman–Crippen MR) is 92.9 cm³/mol. The van der Waals surface area contributed by atoms with Gasteiger partial charge in [0.05, 0.1) is 11.5 Å². The number of allylic oxidation sites excluding steroid dienone is 1. The van der Waals surface area contributed by atoms with Gasteiger partial charge in [0, 0.05) is 12.3 Å². The second-order valence-electron chi connectivity index (χ2n) is 8.52. The first kappa shape index (κ1) is 18.5. The summed E-state index contributed by atoms with van der Waals surface area (Å²) in [5.74, 6) is -0.0239. The molecule has 0 aromatic rings. The van der Waals surface area contributed by atoms with Crippen molar-refractivity contribution in [2.75, 3.05) is 0 Å². The molecule has 3 heteroatoms. The smallest absolute Gasteiger partial charge is 0.308 e. The highest BCUT2D eigenvalue weighted by Gasteiger charge is 2.59. The summed E-state index contributed by atoms with van der Waals surface area (Å²) in [6.45, 7) is 12.5. The monoisotopic (exact) mass is 322 g/mol. The quantitative estimate of drug-likeness (QED) is 0.613. The maximum absolute atomic E-state index is 12.4. The van der Waals surface area contributed by atoms with Crippen LogP contribution in [0.1, 0.15) is 73.6 Å². The van der Waals surface area contributed by atoms with Gasteiger partial charge in [0.2, 0.25) is 0 Å². The fourth-order valence-electron chi connectivity index (χ4n) is 4.52. The Kier molecular flexibility index (Phi) is 5.30. The lowest BCUT2D eigenvalue weighted by Gasteiger charge is -2.43. The summed E-state index contributed by atoms with van der Waals surface area (Å²) in [6.07, 6.45) is 6.37. The summed E-state index contributed by atoms with van der Waals surface area (Å²) < 4.78 is 5.98. The predicted octanol–water partition coefficient (Wildman–Crippen LogP) is 4.49. The van der Waals surface area contributed by atoms with E-state index in [1.165, 1.54) is 5.57 Å². The third-order valence-corrected chi connectivity index (χ3v) is 6.48. The highest BCUT2D eigenvalue weighted by Crippen LogP contribution is 2.58. The third kappa shape index (κ3) is 3.35. The van der Waals surface area contributed by atoms with Crippen molar-refractivity contribution in [3.05, 3.63) is 11.6 Å². The molecule has 2 aliphatic rings. The van der Waals surface area contributed by atoms with Crippen LogP contribution in [-0.4, -0.2) is 22.8 Å². The number of carbonyl (C=O) groups is 1. The van der Waals surface area contributed by atoms with Crippen LogP contribution in [0, 0.1) is 23.2 Å². The number of hydrogen-bond donors (Lipinski definition) is 1. The van der Waals surface area contributed by atoms with Crippen molar-refractivity contribution in [2.45, 2.75) is 85.4 Å². The molecule has 132 valence electrons. The molecular weight excluding hydrogens is 288 g/mol. The minimum absolute atomic E-state index is 0.0108. The van der Waals surface area contributed by atoms with Crippen LogP contribution < -0.4 is 0 Å². The number of hydrogen-bond acceptors (Lipinski definition) is 3. The summed E-state index contributed by atoms with van der Waals surface area (Å²) >= 11 is 0. The van der Waals surface area contributed by atoms with Crippen molar-refractivity contribution < 1.29 is 14.6 Å². The molecule has 0 aliphatic heterocycles. The van der Waals surface area contributed by atoms with E-state index >= 15 is 0 Å². The van der Waals surface area contributed by atoms with Crippen LogP contribution in [-0.2, 0) is 9.53 Å². The van der Waals surface area contributed by atoms with Gasteiger partial charge in [0.1, 0.15) is 6.10 Å². The Labute approximate surface area is 141 Å². The van der Waals surface area contributed by atoms with E-state index < -0.39 is 5.60 Å². The molecule has 0 heterocycles. The van der Waals surface area contributed by atoms with Gasteiger partial charge >= 0.3 is 5.97 Å². The first-order valence-electron chi connectivity index (χ1n) is 9.22. The van der Waals surface area contributed by atoms with Gasteiger partial charge in [-0.3, -0.25) is 4.79 Å². The molecule has 3 nitrogen and oxygen atoms in total. The van der Waals surface area contributed by atoms with Gasteiger partial charge in [-0.1, -0.05) is 46.3 Å². The van der Waals surface area contributed by atoms with E-state index in [9.17, 15) is 9.90 Å². The highest BCUT2D eigenvalue weighted by molar-refractivity contribution is 5.72. The van der Waals surface area contributed by atoms with Crippen molar-refractivity contribution in [3.8, 4) is 0 Å². The number of aliphatic hydroxyl groups is 1. The lowest BCUT2D eigenvalue weighted by Crippen LogP contribution is -2.50. The maximum atomic E-state index is 12.4. The molecule has 5 unspecified atom stereocenters. The minimum atomic E-state index is -0.742. The summed E-state index contributed by atoms with van der Waals surface area (Å²) in [6, 6.07) is 0. The standard InChI is InChI=1S/C20H34O3/c1-7-15(5)18(21)23-16-12-14(4)8-9-19(6)10-11-20(22,13(2)3)17(16)19/h8,13,15-17,22H,7,9-12H2,1-6H3. The molecule has 1 saturated carbocycles. The Hall–Kier alpha value is -0.830.